The molecule has 0 bridgehead atoms. The second-order valence-corrected chi connectivity index (χ2v) is 5.62. The van der Waals surface area contributed by atoms with E-state index in [4.69, 9.17) is 0 Å². The Morgan fingerprint density at radius 3 is 2.78 bits per heavy atom. The summed E-state index contributed by atoms with van der Waals surface area (Å²) in [4.78, 5) is 0. The van der Waals surface area contributed by atoms with Crippen LogP contribution in [0.2, 0.25) is 0 Å². The van der Waals surface area contributed by atoms with E-state index in [1.165, 1.54) is 12.1 Å². The predicted molar refractivity (Wildman–Crippen MR) is 73.2 cm³/mol. The van der Waals surface area contributed by atoms with E-state index < -0.39 is 5.92 Å². The molecular weight excluding hydrogens is 302 g/mol. The number of alkyl halides is 2. The molecule has 1 unspecified atom stereocenters. The average Bonchev–Trinajstić information content (AvgIpc) is 2.32. The van der Waals surface area contributed by atoms with Crippen molar-refractivity contribution in [1.82, 2.24) is 5.32 Å². The molecule has 1 saturated heterocycles. The Bertz CT molecular complexity index is 412. The molecule has 18 heavy (non-hydrogen) atoms. The number of hydrogen-bond acceptors (Lipinski definition) is 2. The van der Waals surface area contributed by atoms with Crippen LogP contribution in [0.1, 0.15) is 25.3 Å². The van der Waals surface area contributed by atoms with E-state index in [0.717, 1.165) is 38.5 Å². The fourth-order valence-electron chi connectivity index (χ4n) is 2.10. The summed E-state index contributed by atoms with van der Waals surface area (Å²) in [6, 6.07) is 5.04. The van der Waals surface area contributed by atoms with Gasteiger partial charge in [-0.25, -0.2) is 8.78 Å². The van der Waals surface area contributed by atoms with Gasteiger partial charge in [-0.15, -0.1) is 0 Å². The Morgan fingerprint density at radius 1 is 1.44 bits per heavy atom. The predicted octanol–water partition coefficient (Wildman–Crippen LogP) is 3.72. The molecule has 0 amide bonds. The summed E-state index contributed by atoms with van der Waals surface area (Å²) < 4.78 is 27.0. The van der Waals surface area contributed by atoms with Crippen LogP contribution < -0.4 is 10.6 Å². The maximum Gasteiger partial charge on any atom is 0.270 e. The standard InChI is InChI=1S/C13H17BrF2N2/c1-13(15,16)9-4-5-12(11(14)7-9)18-10-3-2-6-17-8-10/h4-5,7,10,17-18H,2-3,6,8H2,1H3. The minimum Gasteiger partial charge on any atom is -0.380 e. The molecule has 2 rings (SSSR count). The van der Waals surface area contributed by atoms with Crippen molar-refractivity contribution in [2.75, 3.05) is 18.4 Å². The smallest absolute Gasteiger partial charge is 0.270 e. The van der Waals surface area contributed by atoms with Gasteiger partial charge in [-0.3, -0.25) is 0 Å². The minimum atomic E-state index is -2.80. The number of benzene rings is 1. The van der Waals surface area contributed by atoms with Crippen LogP contribution in [0.3, 0.4) is 0 Å². The first-order chi connectivity index (χ1) is 8.47. The van der Waals surface area contributed by atoms with Gasteiger partial charge in [0.25, 0.3) is 5.92 Å². The number of anilines is 1. The molecule has 5 heteroatoms. The molecule has 100 valence electrons. The number of nitrogens with one attached hydrogen (secondary N) is 2. The molecule has 1 aromatic carbocycles. The zero-order chi connectivity index (χ0) is 13.2. The Morgan fingerprint density at radius 2 is 2.22 bits per heavy atom. The van der Waals surface area contributed by atoms with Crippen LogP contribution >= 0.6 is 15.9 Å². The summed E-state index contributed by atoms with van der Waals surface area (Å²) in [5, 5.41) is 6.69. The van der Waals surface area contributed by atoms with Gasteiger partial charge in [0.1, 0.15) is 0 Å². The van der Waals surface area contributed by atoms with Crippen LogP contribution in [0.5, 0.6) is 0 Å². The summed E-state index contributed by atoms with van der Waals surface area (Å²) in [6.45, 7) is 2.88. The fourth-order valence-corrected chi connectivity index (χ4v) is 2.59. The van der Waals surface area contributed by atoms with E-state index in [1.807, 2.05) is 0 Å². The molecule has 1 heterocycles. The van der Waals surface area contributed by atoms with Crippen LogP contribution in [-0.4, -0.2) is 19.1 Å². The normalized spacial score (nSPS) is 20.8. The SMILES string of the molecule is CC(F)(F)c1ccc(NC2CCCNC2)c(Br)c1. The van der Waals surface area contributed by atoms with Crippen molar-refractivity contribution >= 4 is 21.6 Å². The van der Waals surface area contributed by atoms with Crippen molar-refractivity contribution < 1.29 is 8.78 Å². The molecule has 0 spiro atoms. The quantitative estimate of drug-likeness (QED) is 0.887. The van der Waals surface area contributed by atoms with E-state index in [0.29, 0.717) is 10.5 Å². The van der Waals surface area contributed by atoms with Crippen molar-refractivity contribution in [3.05, 3.63) is 28.2 Å². The highest BCUT2D eigenvalue weighted by atomic mass is 79.9. The summed E-state index contributed by atoms with van der Waals surface area (Å²) in [6.07, 6.45) is 2.24. The van der Waals surface area contributed by atoms with Crippen molar-refractivity contribution in [2.24, 2.45) is 0 Å². The highest BCUT2D eigenvalue weighted by Crippen LogP contribution is 2.32. The zero-order valence-corrected chi connectivity index (χ0v) is 11.9. The largest absolute Gasteiger partial charge is 0.380 e. The lowest BCUT2D eigenvalue weighted by Gasteiger charge is -2.25. The number of halogens is 3. The van der Waals surface area contributed by atoms with Gasteiger partial charge in [0, 0.05) is 35.2 Å². The van der Waals surface area contributed by atoms with Crippen LogP contribution in [0.4, 0.5) is 14.5 Å². The molecule has 0 aromatic heterocycles. The first kappa shape index (κ1) is 13.7. The Balaban J connectivity index is 2.09. The summed E-state index contributed by atoms with van der Waals surface area (Å²) in [5.41, 5.74) is 0.901. The zero-order valence-electron chi connectivity index (χ0n) is 10.3. The molecule has 2 N–H and O–H groups in total. The summed E-state index contributed by atoms with van der Waals surface area (Å²) in [5.74, 6) is -2.80. The van der Waals surface area contributed by atoms with Crippen molar-refractivity contribution in [3.63, 3.8) is 0 Å². The van der Waals surface area contributed by atoms with Crippen LogP contribution in [-0.2, 0) is 5.92 Å². The van der Waals surface area contributed by atoms with Gasteiger partial charge < -0.3 is 10.6 Å². The molecule has 0 radical (unpaired) electrons. The lowest BCUT2D eigenvalue weighted by atomic mass is 10.1. The molecule has 1 aliphatic heterocycles. The second kappa shape index (κ2) is 5.53. The minimum absolute atomic E-state index is 0.0293. The molecule has 2 nitrogen and oxygen atoms in total. The van der Waals surface area contributed by atoms with Crippen LogP contribution in [0, 0.1) is 0 Å². The Hall–Kier alpha value is -0.680. The number of rotatable bonds is 3. The van der Waals surface area contributed by atoms with Gasteiger partial charge >= 0.3 is 0 Å². The third-order valence-corrected chi connectivity index (χ3v) is 3.79. The summed E-state index contributed by atoms with van der Waals surface area (Å²) >= 11 is 3.35. The van der Waals surface area contributed by atoms with Gasteiger partial charge in [0.2, 0.25) is 0 Å². The first-order valence-electron chi connectivity index (χ1n) is 6.12. The maximum atomic E-state index is 13.2. The van der Waals surface area contributed by atoms with Crippen LogP contribution in [0.25, 0.3) is 0 Å². The third-order valence-electron chi connectivity index (χ3n) is 3.13. The van der Waals surface area contributed by atoms with E-state index in [2.05, 4.69) is 26.6 Å². The van der Waals surface area contributed by atoms with Gasteiger partial charge in [0.05, 0.1) is 0 Å². The lowest BCUT2D eigenvalue weighted by Crippen LogP contribution is -2.38. The molecule has 1 fully saturated rings. The third kappa shape index (κ3) is 3.42. The van der Waals surface area contributed by atoms with Gasteiger partial charge in [0.15, 0.2) is 0 Å². The highest BCUT2D eigenvalue weighted by molar-refractivity contribution is 9.10. The maximum absolute atomic E-state index is 13.2. The average molecular weight is 319 g/mol. The van der Waals surface area contributed by atoms with E-state index in [9.17, 15) is 8.78 Å². The number of hydrogen-bond donors (Lipinski definition) is 2. The number of piperidine rings is 1. The van der Waals surface area contributed by atoms with Crippen molar-refractivity contribution in [3.8, 4) is 0 Å². The van der Waals surface area contributed by atoms with E-state index in [1.54, 1.807) is 6.07 Å². The highest BCUT2D eigenvalue weighted by Gasteiger charge is 2.25. The van der Waals surface area contributed by atoms with E-state index >= 15 is 0 Å². The second-order valence-electron chi connectivity index (χ2n) is 4.77. The fraction of sp³-hybridized carbons (Fsp3) is 0.538. The lowest BCUT2D eigenvalue weighted by molar-refractivity contribution is 0.0174. The summed E-state index contributed by atoms with van der Waals surface area (Å²) in [7, 11) is 0. The molecule has 0 aliphatic carbocycles. The Labute approximate surface area is 114 Å². The van der Waals surface area contributed by atoms with Crippen LogP contribution in [0.15, 0.2) is 22.7 Å². The molecule has 0 saturated carbocycles. The van der Waals surface area contributed by atoms with E-state index in [-0.39, 0.29) is 5.56 Å². The van der Waals surface area contributed by atoms with Gasteiger partial charge in [-0.05, 0) is 47.4 Å². The molecule has 1 aliphatic rings. The Kier molecular flexibility index (Phi) is 4.22. The van der Waals surface area contributed by atoms with Gasteiger partial charge in [-0.1, -0.05) is 6.07 Å². The van der Waals surface area contributed by atoms with Crippen molar-refractivity contribution in [1.29, 1.82) is 0 Å². The first-order valence-corrected chi connectivity index (χ1v) is 6.91. The topological polar surface area (TPSA) is 24.1 Å². The monoisotopic (exact) mass is 318 g/mol. The molecular formula is C13H17BrF2N2. The molecule has 1 atom stereocenters. The molecule has 1 aromatic rings. The van der Waals surface area contributed by atoms with Gasteiger partial charge in [-0.2, -0.15) is 0 Å². The van der Waals surface area contributed by atoms with Crippen molar-refractivity contribution in [2.45, 2.75) is 31.7 Å².